The zero-order valence-corrected chi connectivity index (χ0v) is 12.1. The molecule has 0 aromatic heterocycles. The van der Waals surface area contributed by atoms with Crippen LogP contribution in [0.5, 0.6) is 0 Å². The largest absolute Gasteiger partial charge is 0.399 e. The van der Waals surface area contributed by atoms with Crippen LogP contribution < -0.4 is 5.73 Å². The van der Waals surface area contributed by atoms with Gasteiger partial charge in [0.15, 0.2) is 0 Å². The summed E-state index contributed by atoms with van der Waals surface area (Å²) in [5, 5.41) is 0. The van der Waals surface area contributed by atoms with Crippen LogP contribution in [0.4, 0.5) is 5.69 Å². The minimum atomic E-state index is 0.827. The highest BCUT2D eigenvalue weighted by Crippen LogP contribution is 2.23. The fourth-order valence-corrected chi connectivity index (χ4v) is 3.31. The summed E-state index contributed by atoms with van der Waals surface area (Å²) in [6, 6.07) is 16.8. The van der Waals surface area contributed by atoms with E-state index in [4.69, 9.17) is 5.73 Å². The van der Waals surface area contributed by atoms with Gasteiger partial charge in [0.05, 0.1) is 0 Å². The van der Waals surface area contributed by atoms with Gasteiger partial charge in [-0.2, -0.15) is 0 Å². The van der Waals surface area contributed by atoms with Crippen molar-refractivity contribution in [2.75, 3.05) is 17.2 Å². The Morgan fingerprint density at radius 1 is 0.778 bits per heavy atom. The van der Waals surface area contributed by atoms with E-state index in [2.05, 4.69) is 43.3 Å². The molecule has 0 spiro atoms. The second kappa shape index (κ2) is 6.76. The standard InChI is InChI=1S/C15H17NS2/c1-12-2-6-14(7-3-12)17-10-11-18-15-8-4-13(16)5-9-15/h2-9H,10-11,16H2,1H3. The first-order valence-corrected chi connectivity index (χ1v) is 7.89. The van der Waals surface area contributed by atoms with Gasteiger partial charge in [0.25, 0.3) is 0 Å². The molecule has 0 bridgehead atoms. The molecular formula is C15H17NS2. The van der Waals surface area contributed by atoms with Crippen molar-refractivity contribution < 1.29 is 0 Å². The lowest BCUT2D eigenvalue weighted by Crippen LogP contribution is -1.86. The molecule has 0 amide bonds. The van der Waals surface area contributed by atoms with Gasteiger partial charge in [-0.3, -0.25) is 0 Å². The van der Waals surface area contributed by atoms with Crippen molar-refractivity contribution in [2.45, 2.75) is 16.7 Å². The summed E-state index contributed by atoms with van der Waals surface area (Å²) in [6.07, 6.45) is 0. The normalized spacial score (nSPS) is 10.5. The number of benzene rings is 2. The maximum absolute atomic E-state index is 5.66. The molecule has 18 heavy (non-hydrogen) atoms. The van der Waals surface area contributed by atoms with Gasteiger partial charge in [-0.05, 0) is 43.3 Å². The SMILES string of the molecule is Cc1ccc(SCCSc2ccc(N)cc2)cc1. The van der Waals surface area contributed by atoms with Crippen molar-refractivity contribution in [2.24, 2.45) is 0 Å². The summed E-state index contributed by atoms with van der Waals surface area (Å²) in [6.45, 7) is 2.12. The van der Waals surface area contributed by atoms with Crippen LogP contribution in [0, 0.1) is 6.92 Å². The van der Waals surface area contributed by atoms with Gasteiger partial charge in [0.1, 0.15) is 0 Å². The van der Waals surface area contributed by atoms with Crippen LogP contribution in [0.1, 0.15) is 5.56 Å². The molecule has 0 heterocycles. The topological polar surface area (TPSA) is 26.0 Å². The van der Waals surface area contributed by atoms with E-state index in [0.29, 0.717) is 0 Å². The van der Waals surface area contributed by atoms with Gasteiger partial charge in [0.2, 0.25) is 0 Å². The van der Waals surface area contributed by atoms with E-state index in [0.717, 1.165) is 17.2 Å². The van der Waals surface area contributed by atoms with E-state index in [9.17, 15) is 0 Å². The van der Waals surface area contributed by atoms with Crippen LogP contribution >= 0.6 is 23.5 Å². The average molecular weight is 275 g/mol. The number of nitrogen functional groups attached to an aromatic ring is 1. The molecule has 2 aromatic rings. The smallest absolute Gasteiger partial charge is 0.0314 e. The molecule has 0 saturated carbocycles. The van der Waals surface area contributed by atoms with Gasteiger partial charge in [-0.25, -0.2) is 0 Å². The van der Waals surface area contributed by atoms with Gasteiger partial charge in [0, 0.05) is 27.0 Å². The molecule has 0 saturated heterocycles. The Balaban J connectivity index is 1.73. The Hall–Kier alpha value is -1.06. The average Bonchev–Trinajstić information content (AvgIpc) is 2.39. The molecule has 0 aliphatic heterocycles. The Morgan fingerprint density at radius 2 is 1.22 bits per heavy atom. The van der Waals surface area contributed by atoms with E-state index < -0.39 is 0 Å². The molecule has 2 rings (SSSR count). The molecule has 0 aliphatic rings. The first-order valence-electron chi connectivity index (χ1n) is 5.92. The highest BCUT2D eigenvalue weighted by molar-refractivity contribution is 8.03. The molecular weight excluding hydrogens is 258 g/mol. The molecule has 0 fully saturated rings. The van der Waals surface area contributed by atoms with Crippen LogP contribution in [-0.4, -0.2) is 11.5 Å². The third-order valence-corrected chi connectivity index (χ3v) is 4.81. The molecule has 0 radical (unpaired) electrons. The van der Waals surface area contributed by atoms with Crippen LogP contribution in [-0.2, 0) is 0 Å². The number of aryl methyl sites for hydroxylation is 1. The van der Waals surface area contributed by atoms with E-state index in [1.165, 1.54) is 15.4 Å². The molecule has 0 atom stereocenters. The Bertz CT molecular complexity index is 429. The fraction of sp³-hybridized carbons (Fsp3) is 0.200. The summed E-state index contributed by atoms with van der Waals surface area (Å²) in [5.41, 5.74) is 7.80. The predicted octanol–water partition coefficient (Wildman–Crippen LogP) is 4.46. The number of thioether (sulfide) groups is 2. The molecule has 2 N–H and O–H groups in total. The van der Waals surface area contributed by atoms with Gasteiger partial charge in [-0.1, -0.05) is 17.7 Å². The fourth-order valence-electron chi connectivity index (χ4n) is 1.52. The summed E-state index contributed by atoms with van der Waals surface area (Å²) in [5.74, 6) is 2.24. The lowest BCUT2D eigenvalue weighted by atomic mass is 10.2. The molecule has 0 aliphatic carbocycles. The zero-order chi connectivity index (χ0) is 12.8. The number of rotatable bonds is 5. The van der Waals surface area contributed by atoms with E-state index in [1.807, 2.05) is 35.7 Å². The highest BCUT2D eigenvalue weighted by Gasteiger charge is 1.96. The van der Waals surface area contributed by atoms with Crippen LogP contribution in [0.25, 0.3) is 0 Å². The van der Waals surface area contributed by atoms with Gasteiger partial charge < -0.3 is 5.73 Å². The molecule has 2 aromatic carbocycles. The Labute approximate surface area is 117 Å². The Kier molecular flexibility index (Phi) is 5.02. The third-order valence-electron chi connectivity index (χ3n) is 2.52. The monoisotopic (exact) mass is 275 g/mol. The van der Waals surface area contributed by atoms with Crippen molar-refractivity contribution in [3.63, 3.8) is 0 Å². The van der Waals surface area contributed by atoms with Crippen LogP contribution in [0.2, 0.25) is 0 Å². The number of anilines is 1. The van der Waals surface area contributed by atoms with Crippen molar-refractivity contribution in [3.05, 3.63) is 54.1 Å². The first-order chi connectivity index (χ1) is 8.74. The second-order valence-corrected chi connectivity index (χ2v) is 6.42. The highest BCUT2D eigenvalue weighted by atomic mass is 32.2. The minimum Gasteiger partial charge on any atom is -0.399 e. The maximum Gasteiger partial charge on any atom is 0.0314 e. The Morgan fingerprint density at radius 3 is 1.72 bits per heavy atom. The summed E-state index contributed by atoms with van der Waals surface area (Å²) >= 11 is 3.78. The second-order valence-electron chi connectivity index (χ2n) is 4.08. The number of hydrogen-bond donors (Lipinski definition) is 1. The quantitative estimate of drug-likeness (QED) is 0.495. The predicted molar refractivity (Wildman–Crippen MR) is 83.5 cm³/mol. The lowest BCUT2D eigenvalue weighted by molar-refractivity contribution is 1.37. The number of hydrogen-bond acceptors (Lipinski definition) is 3. The third kappa shape index (κ3) is 4.31. The summed E-state index contributed by atoms with van der Waals surface area (Å²) in [7, 11) is 0. The van der Waals surface area contributed by atoms with Crippen molar-refractivity contribution in [1.82, 2.24) is 0 Å². The molecule has 0 unspecified atom stereocenters. The van der Waals surface area contributed by atoms with Crippen molar-refractivity contribution >= 4 is 29.2 Å². The van der Waals surface area contributed by atoms with Crippen molar-refractivity contribution in [1.29, 1.82) is 0 Å². The van der Waals surface area contributed by atoms with Gasteiger partial charge >= 0.3 is 0 Å². The maximum atomic E-state index is 5.66. The summed E-state index contributed by atoms with van der Waals surface area (Å²) < 4.78 is 0. The van der Waals surface area contributed by atoms with Gasteiger partial charge in [-0.15, -0.1) is 23.5 Å². The number of nitrogens with two attached hydrogens (primary N) is 1. The van der Waals surface area contributed by atoms with E-state index >= 15 is 0 Å². The van der Waals surface area contributed by atoms with E-state index in [-0.39, 0.29) is 0 Å². The minimum absolute atomic E-state index is 0.827. The molecule has 94 valence electrons. The van der Waals surface area contributed by atoms with E-state index in [1.54, 1.807) is 0 Å². The molecule has 3 heteroatoms. The zero-order valence-electron chi connectivity index (χ0n) is 10.4. The van der Waals surface area contributed by atoms with Crippen LogP contribution in [0.3, 0.4) is 0 Å². The lowest BCUT2D eigenvalue weighted by Gasteiger charge is -2.03. The molecule has 1 nitrogen and oxygen atoms in total. The first kappa shape index (κ1) is 13.4. The summed E-state index contributed by atoms with van der Waals surface area (Å²) in [4.78, 5) is 2.63. The van der Waals surface area contributed by atoms with Crippen molar-refractivity contribution in [3.8, 4) is 0 Å². The van der Waals surface area contributed by atoms with Crippen LogP contribution in [0.15, 0.2) is 58.3 Å².